The summed E-state index contributed by atoms with van der Waals surface area (Å²) in [6.45, 7) is 6.08. The van der Waals surface area contributed by atoms with Crippen LogP contribution in [0, 0.1) is 10.8 Å². The number of benzene rings is 1. The van der Waals surface area contributed by atoms with Crippen LogP contribution < -0.4 is 20.7 Å². The molecule has 33 heavy (non-hydrogen) atoms. The molecule has 8 nitrogen and oxygen atoms in total. The van der Waals surface area contributed by atoms with Gasteiger partial charge < -0.3 is 25.4 Å². The number of anilines is 2. The third-order valence-corrected chi connectivity index (χ3v) is 6.70. The Kier molecular flexibility index (Phi) is 7.13. The molecule has 1 aromatic heterocycles. The summed E-state index contributed by atoms with van der Waals surface area (Å²) < 4.78 is 10.7. The van der Waals surface area contributed by atoms with E-state index in [1.807, 2.05) is 6.07 Å². The molecule has 0 amide bonds. The van der Waals surface area contributed by atoms with Gasteiger partial charge in [-0.3, -0.25) is 5.41 Å². The lowest BCUT2D eigenvalue weighted by molar-refractivity contribution is 0.146. The van der Waals surface area contributed by atoms with Gasteiger partial charge in [-0.2, -0.15) is 0 Å². The molecule has 4 rings (SSSR count). The van der Waals surface area contributed by atoms with Crippen molar-refractivity contribution in [3.8, 4) is 5.75 Å². The second-order valence-electron chi connectivity index (χ2n) is 8.70. The first kappa shape index (κ1) is 23.0. The second kappa shape index (κ2) is 10.2. The Bertz CT molecular complexity index is 1010. The molecule has 2 fully saturated rings. The van der Waals surface area contributed by atoms with Crippen LogP contribution in [0.1, 0.15) is 43.9 Å². The SMILES string of the molecule is CC/C=C1/NCCC12CCN(c1cc(C(=N)c3cc(OCCOC)ccc3N)ncn1)CC2. The fourth-order valence-electron chi connectivity index (χ4n) is 4.81. The number of hydrogen-bond donors (Lipinski definition) is 3. The Hall–Kier alpha value is -3.13. The zero-order valence-corrected chi connectivity index (χ0v) is 19.6. The molecule has 176 valence electrons. The summed E-state index contributed by atoms with van der Waals surface area (Å²) in [7, 11) is 1.63. The molecule has 2 aliphatic heterocycles. The summed E-state index contributed by atoms with van der Waals surface area (Å²) in [5.74, 6) is 1.51. The van der Waals surface area contributed by atoms with Crippen molar-refractivity contribution in [3.63, 3.8) is 0 Å². The van der Waals surface area contributed by atoms with E-state index in [4.69, 9.17) is 20.6 Å². The van der Waals surface area contributed by atoms with Crippen LogP contribution >= 0.6 is 0 Å². The fourth-order valence-corrected chi connectivity index (χ4v) is 4.81. The van der Waals surface area contributed by atoms with Crippen LogP contribution in [0.15, 0.2) is 42.4 Å². The number of nitrogens with one attached hydrogen (secondary N) is 2. The molecular weight excluding hydrogens is 416 g/mol. The number of piperidine rings is 1. The first-order valence-electron chi connectivity index (χ1n) is 11.7. The molecule has 0 bridgehead atoms. The molecule has 2 saturated heterocycles. The molecule has 2 aliphatic rings. The monoisotopic (exact) mass is 450 g/mol. The Labute approximate surface area is 195 Å². The predicted molar refractivity (Wildman–Crippen MR) is 131 cm³/mol. The lowest BCUT2D eigenvalue weighted by Crippen LogP contribution is -2.40. The summed E-state index contributed by atoms with van der Waals surface area (Å²) in [6, 6.07) is 7.24. The smallest absolute Gasteiger partial charge is 0.132 e. The number of allylic oxidation sites excluding steroid dienone is 2. The van der Waals surface area contributed by atoms with Crippen molar-refractivity contribution in [3.05, 3.63) is 53.6 Å². The molecule has 4 N–H and O–H groups in total. The number of methoxy groups -OCH3 is 1. The summed E-state index contributed by atoms with van der Waals surface area (Å²) in [6.07, 6.45) is 8.37. The van der Waals surface area contributed by atoms with Gasteiger partial charge in [-0.25, -0.2) is 9.97 Å². The van der Waals surface area contributed by atoms with Crippen molar-refractivity contribution in [1.82, 2.24) is 15.3 Å². The van der Waals surface area contributed by atoms with E-state index >= 15 is 0 Å². The highest BCUT2D eigenvalue weighted by molar-refractivity contribution is 6.13. The minimum Gasteiger partial charge on any atom is -0.491 e. The van der Waals surface area contributed by atoms with Crippen LogP contribution in [0.5, 0.6) is 5.75 Å². The highest BCUT2D eigenvalue weighted by atomic mass is 16.5. The van der Waals surface area contributed by atoms with Gasteiger partial charge in [0.1, 0.15) is 24.5 Å². The van der Waals surface area contributed by atoms with E-state index in [0.29, 0.717) is 35.9 Å². The number of nitrogens with zero attached hydrogens (tertiary/aromatic N) is 3. The van der Waals surface area contributed by atoms with Crippen LogP contribution in [0.4, 0.5) is 11.5 Å². The van der Waals surface area contributed by atoms with Crippen LogP contribution in [-0.2, 0) is 4.74 Å². The number of hydrogen-bond acceptors (Lipinski definition) is 8. The Balaban J connectivity index is 1.48. The maximum atomic E-state index is 8.75. The van der Waals surface area contributed by atoms with Crippen molar-refractivity contribution < 1.29 is 9.47 Å². The average Bonchev–Trinajstić information content (AvgIpc) is 3.22. The van der Waals surface area contributed by atoms with E-state index in [-0.39, 0.29) is 11.1 Å². The highest BCUT2D eigenvalue weighted by Gasteiger charge is 2.41. The van der Waals surface area contributed by atoms with Gasteiger partial charge in [0.15, 0.2) is 0 Å². The molecule has 0 radical (unpaired) electrons. The van der Waals surface area contributed by atoms with Gasteiger partial charge in [0.2, 0.25) is 0 Å². The van der Waals surface area contributed by atoms with Crippen LogP contribution in [0.2, 0.25) is 0 Å². The lowest BCUT2D eigenvalue weighted by Gasteiger charge is -2.40. The maximum absolute atomic E-state index is 8.75. The van der Waals surface area contributed by atoms with Crippen molar-refractivity contribution in [2.75, 3.05) is 50.6 Å². The zero-order valence-electron chi connectivity index (χ0n) is 19.6. The van der Waals surface area contributed by atoms with Crippen molar-refractivity contribution in [1.29, 1.82) is 5.41 Å². The van der Waals surface area contributed by atoms with E-state index in [1.54, 1.807) is 25.3 Å². The number of nitrogen functional groups attached to an aromatic ring is 1. The zero-order chi connectivity index (χ0) is 23.3. The normalized spacial score (nSPS) is 18.5. The number of ether oxygens (including phenoxy) is 2. The van der Waals surface area contributed by atoms with E-state index in [1.165, 1.54) is 18.4 Å². The molecule has 1 aromatic carbocycles. The van der Waals surface area contributed by atoms with Crippen LogP contribution in [0.3, 0.4) is 0 Å². The van der Waals surface area contributed by atoms with Crippen LogP contribution in [0.25, 0.3) is 0 Å². The number of rotatable bonds is 8. The van der Waals surface area contributed by atoms with E-state index in [2.05, 4.69) is 33.2 Å². The standard InChI is InChI=1S/C25H34N6O2/c1-3-4-22-25(7-10-28-22)8-11-31(12-9-25)23-16-21(29-17-30-23)24(27)19-15-18(5-6-20(19)26)33-14-13-32-2/h4-6,15-17,27-28H,3,7-14,26H2,1-2H3/b22-4+,27-24?. The van der Waals surface area contributed by atoms with Gasteiger partial charge in [0.25, 0.3) is 0 Å². The molecule has 0 atom stereocenters. The van der Waals surface area contributed by atoms with E-state index < -0.39 is 0 Å². The minimum atomic E-state index is 0.259. The largest absolute Gasteiger partial charge is 0.491 e. The summed E-state index contributed by atoms with van der Waals surface area (Å²) >= 11 is 0. The lowest BCUT2D eigenvalue weighted by atomic mass is 9.75. The van der Waals surface area contributed by atoms with Gasteiger partial charge >= 0.3 is 0 Å². The first-order chi connectivity index (χ1) is 16.1. The second-order valence-corrected chi connectivity index (χ2v) is 8.70. The predicted octanol–water partition coefficient (Wildman–Crippen LogP) is 3.37. The third kappa shape index (κ3) is 4.95. The number of aromatic nitrogens is 2. The molecular formula is C25H34N6O2. The van der Waals surface area contributed by atoms with Crippen molar-refractivity contribution in [2.45, 2.75) is 32.6 Å². The molecule has 0 saturated carbocycles. The van der Waals surface area contributed by atoms with Gasteiger partial charge in [0.05, 0.1) is 18.0 Å². The van der Waals surface area contributed by atoms with E-state index in [9.17, 15) is 0 Å². The van der Waals surface area contributed by atoms with Crippen LogP contribution in [-0.4, -0.2) is 55.6 Å². The molecule has 3 heterocycles. The Morgan fingerprint density at radius 1 is 1.21 bits per heavy atom. The van der Waals surface area contributed by atoms with Crippen molar-refractivity contribution in [2.24, 2.45) is 5.41 Å². The average molecular weight is 451 g/mol. The van der Waals surface area contributed by atoms with Gasteiger partial charge in [-0.1, -0.05) is 13.0 Å². The third-order valence-electron chi connectivity index (χ3n) is 6.70. The highest BCUT2D eigenvalue weighted by Crippen LogP contribution is 2.44. The van der Waals surface area contributed by atoms with Gasteiger partial charge in [-0.05, 0) is 43.9 Å². The molecule has 8 heteroatoms. The summed E-state index contributed by atoms with van der Waals surface area (Å²) in [4.78, 5) is 11.2. The molecule has 2 aromatic rings. The topological polar surface area (TPSA) is 109 Å². The first-order valence-corrected chi connectivity index (χ1v) is 11.7. The molecule has 1 spiro atoms. The molecule has 0 aliphatic carbocycles. The van der Waals surface area contributed by atoms with E-state index in [0.717, 1.165) is 44.7 Å². The summed E-state index contributed by atoms with van der Waals surface area (Å²) in [5.41, 5.74) is 9.82. The fraction of sp³-hybridized carbons (Fsp3) is 0.480. The van der Waals surface area contributed by atoms with Gasteiger partial charge in [-0.15, -0.1) is 0 Å². The minimum absolute atomic E-state index is 0.259. The number of nitrogens with two attached hydrogens (primary N) is 1. The quantitative estimate of drug-likeness (QED) is 0.321. The molecule has 0 unspecified atom stereocenters. The Morgan fingerprint density at radius 3 is 2.79 bits per heavy atom. The maximum Gasteiger partial charge on any atom is 0.132 e. The Morgan fingerprint density at radius 2 is 2.03 bits per heavy atom. The summed E-state index contributed by atoms with van der Waals surface area (Å²) in [5, 5.41) is 12.4. The van der Waals surface area contributed by atoms with Crippen molar-refractivity contribution >= 4 is 17.2 Å². The van der Waals surface area contributed by atoms with Gasteiger partial charge in [0, 0.05) is 55.2 Å².